The van der Waals surface area contributed by atoms with Crippen molar-refractivity contribution in [3.05, 3.63) is 12.2 Å². The number of alkyl halides is 8. The van der Waals surface area contributed by atoms with Gasteiger partial charge in [0.1, 0.15) is 72.1 Å². The minimum Gasteiger partial charge on any atom is -0.377 e. The zero-order chi connectivity index (χ0) is 79.5. The summed E-state index contributed by atoms with van der Waals surface area (Å²) in [5.74, 6) is -16.9. The van der Waals surface area contributed by atoms with Gasteiger partial charge in [0.15, 0.2) is 0 Å². The zero-order valence-electron chi connectivity index (χ0n) is 63.8. The summed E-state index contributed by atoms with van der Waals surface area (Å²) < 4.78 is 121. The third kappa shape index (κ3) is 21.2. The van der Waals surface area contributed by atoms with E-state index in [9.17, 15) is 55.1 Å². The highest BCUT2D eigenvalue weighted by Gasteiger charge is 2.56. The highest BCUT2D eigenvalue weighted by atomic mass is 32.2. The number of likely N-dealkylation sites (N-methyl/N-ethyl adjacent to an activating group) is 7. The van der Waals surface area contributed by atoms with E-state index in [0.717, 1.165) is 29.4 Å². The summed E-state index contributed by atoms with van der Waals surface area (Å²) in [5, 5.41) is 8.36. The first kappa shape index (κ1) is 87.4. The third-order valence-electron chi connectivity index (χ3n) is 23.5. The smallest absolute Gasteiger partial charge is 0.377 e. The van der Waals surface area contributed by atoms with Crippen molar-refractivity contribution in [2.24, 2.45) is 35.5 Å². The van der Waals surface area contributed by atoms with Crippen LogP contribution >= 0.6 is 11.8 Å². The predicted molar refractivity (Wildman–Crippen MR) is 380 cm³/mol. The van der Waals surface area contributed by atoms with E-state index in [1.54, 1.807) is 39.2 Å². The van der Waals surface area contributed by atoms with Gasteiger partial charge in [-0.05, 0) is 140 Å². The van der Waals surface area contributed by atoms with Gasteiger partial charge in [-0.3, -0.25) is 57.5 Å². The minimum absolute atomic E-state index is 0.00523. The largest absolute Gasteiger partial charge is 0.397 e. The number of nitrogens with zero attached hydrogens (tertiary/aromatic N) is 9. The van der Waals surface area contributed by atoms with Crippen LogP contribution in [0.15, 0.2) is 12.2 Å². The molecule has 1 spiro atoms. The monoisotopic (exact) mass is 1550 g/mol. The number of rotatable bonds is 13. The summed E-state index contributed by atoms with van der Waals surface area (Å²) in [6.07, 6.45) is -11.6. The topological polar surface area (TPSA) is 279 Å². The second-order valence-electron chi connectivity index (χ2n) is 31.0. The second-order valence-corrected chi connectivity index (χ2v) is 31.9. The van der Waals surface area contributed by atoms with Gasteiger partial charge in [0.05, 0.1) is 31.5 Å². The molecule has 0 aromatic rings. The van der Waals surface area contributed by atoms with Gasteiger partial charge in [-0.25, -0.2) is 8.78 Å². The Bertz CT molecular complexity index is 3200. The maximum absolute atomic E-state index is 15.5. The number of carbonyl (C=O) groups excluding carboxylic acids is 12. The summed E-state index contributed by atoms with van der Waals surface area (Å²) in [6.45, 7) is 3.22. The van der Waals surface area contributed by atoms with Crippen molar-refractivity contribution in [1.29, 1.82) is 0 Å². The van der Waals surface area contributed by atoms with Crippen molar-refractivity contribution < 1.29 is 97.4 Å². The number of amides is 12. The summed E-state index contributed by atoms with van der Waals surface area (Å²) in [6, 6.07) is -11.4. The molecule has 0 aromatic heterocycles. The normalized spacial score (nSPS) is 32.1. The van der Waals surface area contributed by atoms with Crippen LogP contribution in [0.3, 0.4) is 0 Å². The number of fused-ring (bicyclic) bond motifs is 3. The van der Waals surface area contributed by atoms with E-state index < -0.39 is 230 Å². The lowest BCUT2D eigenvalue weighted by Crippen LogP contribution is -2.68. The van der Waals surface area contributed by atoms with Crippen molar-refractivity contribution in [3.63, 3.8) is 0 Å². The minimum atomic E-state index is -5.22. The fourth-order valence-corrected chi connectivity index (χ4v) is 17.3. The van der Waals surface area contributed by atoms with E-state index in [2.05, 4.69) is 16.0 Å². The van der Waals surface area contributed by atoms with Crippen LogP contribution in [0, 0.1) is 35.5 Å². The lowest BCUT2D eigenvalue weighted by Gasteiger charge is -2.46. The van der Waals surface area contributed by atoms with Crippen LogP contribution in [0.5, 0.6) is 0 Å². The standard InChI is InChI=1S/C73H112F8N12O13S/c1-13-42(3)60-68(103)87(7)40-58(96)88(8)51-23-16-15-19-32-92(67(51)102)54(35-43-24-27-46(28-25-43)72(76,77)78)66(101)86(6)39-56(94)82-50(29-26-44-33-48(74)59(49(75)34-44)73(79,80)81)64(99)93-38-47(106-14-2)36-52(93)63(98)84-71(30-20-31-71)70(105)91(11)61(45-21-17-18-22-45)69(104)90(10)53(65(100)85(4)5)37-57(95)89(9)55(41-107-12)62(97)83-60/h15-16,42-55,59-61H,13-14,17-41H2,1-12H3,(H,82,94)(H,83,97)(H,84,98)/b16-15-/t42-,43?,44?,46?,47+,48?,49?,50-,51-,52-,53-,54-,55-,59?,60-,61-/m0/s1. The maximum Gasteiger partial charge on any atom is 0.397 e. The summed E-state index contributed by atoms with van der Waals surface area (Å²) in [5.41, 5.74) is -1.69. The number of ether oxygens (including phenoxy) is 1. The summed E-state index contributed by atoms with van der Waals surface area (Å²) in [7, 11) is 10.8. The van der Waals surface area contributed by atoms with Crippen molar-refractivity contribution in [2.45, 2.75) is 240 Å². The third-order valence-corrected chi connectivity index (χ3v) is 24.2. The van der Waals surface area contributed by atoms with E-state index in [4.69, 9.17) is 4.74 Å². The van der Waals surface area contributed by atoms with Gasteiger partial charge < -0.3 is 64.8 Å². The molecule has 34 heteroatoms. The average molecular weight is 1550 g/mol. The molecule has 2 saturated heterocycles. The molecule has 604 valence electrons. The first-order chi connectivity index (χ1) is 50.2. The number of halogens is 8. The van der Waals surface area contributed by atoms with Crippen molar-refractivity contribution in [2.75, 3.05) is 101 Å². The molecule has 4 aliphatic carbocycles. The fourth-order valence-electron chi connectivity index (χ4n) is 16.6. The van der Waals surface area contributed by atoms with Gasteiger partial charge in [0.25, 0.3) is 0 Å². The van der Waals surface area contributed by atoms with Crippen LogP contribution in [0.1, 0.15) is 156 Å². The molecule has 25 nitrogen and oxygen atoms in total. The summed E-state index contributed by atoms with van der Waals surface area (Å²) in [4.78, 5) is 191. The van der Waals surface area contributed by atoms with Crippen LogP contribution in [0.2, 0.25) is 0 Å². The molecule has 12 atom stereocenters. The molecule has 2 unspecified atom stereocenters. The molecule has 7 aliphatic rings. The van der Waals surface area contributed by atoms with Gasteiger partial charge >= 0.3 is 12.4 Å². The maximum atomic E-state index is 15.5. The van der Waals surface area contributed by atoms with Crippen LogP contribution in [0.25, 0.3) is 0 Å². The quantitative estimate of drug-likeness (QED) is 0.148. The molecule has 4 saturated carbocycles. The molecular weight excluding hydrogens is 1440 g/mol. The molecule has 0 radical (unpaired) electrons. The Labute approximate surface area is 626 Å². The first-order valence-corrected chi connectivity index (χ1v) is 39.1. The first-order valence-electron chi connectivity index (χ1n) is 37.7. The molecule has 12 amide bonds. The van der Waals surface area contributed by atoms with Crippen LogP contribution in [-0.2, 0) is 62.3 Å². The molecule has 6 fully saturated rings. The fraction of sp³-hybridized carbons (Fsp3) is 0.808. The Morgan fingerprint density at radius 3 is 1.85 bits per heavy atom. The molecule has 3 heterocycles. The molecular formula is C73H112F8N12O13S. The highest BCUT2D eigenvalue weighted by Crippen LogP contribution is 2.46. The molecule has 107 heavy (non-hydrogen) atoms. The van der Waals surface area contributed by atoms with Crippen LogP contribution in [0.4, 0.5) is 35.1 Å². The predicted octanol–water partition coefficient (Wildman–Crippen LogP) is 5.67. The molecule has 3 N–H and O–H groups in total. The van der Waals surface area contributed by atoms with Gasteiger partial charge in [-0.15, -0.1) is 0 Å². The Balaban J connectivity index is 1.32. The lowest BCUT2D eigenvalue weighted by atomic mass is 9.74. The van der Waals surface area contributed by atoms with E-state index in [1.807, 2.05) is 0 Å². The average Bonchev–Trinajstić information content (AvgIpc) is 1.71. The number of hydrogen-bond acceptors (Lipinski definition) is 14. The van der Waals surface area contributed by atoms with Crippen LogP contribution in [-0.4, -0.2) is 301 Å². The molecule has 2 bridgehead atoms. The Hall–Kier alpha value is -6.87. The molecule has 3 aliphatic heterocycles. The second kappa shape index (κ2) is 37.7. The van der Waals surface area contributed by atoms with Crippen LogP contribution < -0.4 is 16.0 Å². The zero-order valence-corrected chi connectivity index (χ0v) is 64.6. The summed E-state index contributed by atoms with van der Waals surface area (Å²) >= 11 is 1.20. The number of thioether (sulfide) groups is 1. The van der Waals surface area contributed by atoms with Gasteiger partial charge in [-0.1, -0.05) is 45.3 Å². The number of carbonyl (C=O) groups is 12. The molecule has 7 rings (SSSR count). The van der Waals surface area contributed by atoms with E-state index in [1.165, 1.54) is 82.8 Å². The van der Waals surface area contributed by atoms with Gasteiger partial charge in [0.2, 0.25) is 70.9 Å². The Morgan fingerprint density at radius 1 is 0.664 bits per heavy atom. The van der Waals surface area contributed by atoms with Crippen molar-refractivity contribution in [1.82, 2.24) is 60.0 Å². The lowest BCUT2D eigenvalue weighted by molar-refractivity contribution is -0.219. The van der Waals surface area contributed by atoms with E-state index >= 15 is 37.5 Å². The van der Waals surface area contributed by atoms with Crippen molar-refractivity contribution >= 4 is 82.6 Å². The SMILES string of the molecule is CCO[C@@H]1C[C@H]2C(=O)NC3(CCC3)C(=O)N(C)[C@@H](C3CCCC3)C(=O)N(C)[C@H](C(=O)N(C)C)CC(=O)N(C)[C@@H](CSC)C(=O)N[C@@H]([C@@H](C)CC)C(=O)N(C)CC(=O)N(C)[C@H]3C/C=C\CCN(C3=O)[C@@H](CC3CCC(C(F)(F)F)CC3)C(=O)N(C)CC(=O)N[C@@H](CCC3CC(F)C(C(F)(F)F)C(F)C3)C(=O)N2C1. The Kier molecular flexibility index (Phi) is 30.8. The molecule has 0 aromatic carbocycles. The number of nitrogens with one attached hydrogen (secondary N) is 3. The van der Waals surface area contributed by atoms with Crippen molar-refractivity contribution in [3.8, 4) is 0 Å². The Morgan fingerprint density at radius 2 is 1.29 bits per heavy atom. The number of hydrogen-bond donors (Lipinski definition) is 3. The van der Waals surface area contributed by atoms with E-state index in [0.29, 0.717) is 38.5 Å². The van der Waals surface area contributed by atoms with E-state index in [-0.39, 0.29) is 96.1 Å². The van der Waals surface area contributed by atoms with Gasteiger partial charge in [-0.2, -0.15) is 38.1 Å². The van der Waals surface area contributed by atoms with Gasteiger partial charge in [0, 0.05) is 88.3 Å². The highest BCUT2D eigenvalue weighted by molar-refractivity contribution is 7.98.